The average Bonchev–Trinajstić information content (AvgIpc) is 3.25. The van der Waals surface area contributed by atoms with Crippen molar-refractivity contribution in [3.63, 3.8) is 0 Å². The topological polar surface area (TPSA) is 85.6 Å². The van der Waals surface area contributed by atoms with Gasteiger partial charge in [-0.05, 0) is 63.1 Å². The third kappa shape index (κ3) is 5.20. The van der Waals surface area contributed by atoms with Crippen LogP contribution in [0.25, 0.3) is 5.52 Å². The van der Waals surface area contributed by atoms with E-state index in [1.165, 1.54) is 4.52 Å². The Kier molecular flexibility index (Phi) is 7.46. The Balaban J connectivity index is 1.86. The van der Waals surface area contributed by atoms with Crippen molar-refractivity contribution in [2.24, 2.45) is 5.73 Å². The molecule has 0 aliphatic carbocycles. The second-order valence-electron chi connectivity index (χ2n) is 8.98. The Morgan fingerprint density at radius 2 is 1.77 bits per heavy atom. The van der Waals surface area contributed by atoms with Crippen LogP contribution in [0.1, 0.15) is 58.7 Å². The normalized spacial score (nSPS) is 12.1. The fraction of sp³-hybridized carbons (Fsp3) is 0.321. The van der Waals surface area contributed by atoms with Crippen molar-refractivity contribution in [3.05, 3.63) is 105 Å². The molecule has 1 atom stereocenters. The number of rotatable bonds is 9. The fourth-order valence-electron chi connectivity index (χ4n) is 4.54. The van der Waals surface area contributed by atoms with Gasteiger partial charge < -0.3 is 10.6 Å². The minimum absolute atomic E-state index is 0.0615. The zero-order chi connectivity index (χ0) is 24.9. The van der Waals surface area contributed by atoms with E-state index in [9.17, 15) is 9.59 Å². The molecule has 182 valence electrons. The summed E-state index contributed by atoms with van der Waals surface area (Å²) in [7, 11) is 0. The standard InChI is InChI=1S/C28H33N5O2/c1-4-25(31(16-8-15-29)27(34)23-13-11-20(2)12-14-23)26-18-24-17-21(3)30-33(24)28(35)32(26)19-22-9-6-5-7-10-22/h5-7,9-14,17-18,25H,4,8,15-16,19,29H2,1-3H3/t25-/m1/s1. The summed E-state index contributed by atoms with van der Waals surface area (Å²) < 4.78 is 3.20. The van der Waals surface area contributed by atoms with Crippen molar-refractivity contribution >= 4 is 11.4 Å². The van der Waals surface area contributed by atoms with Crippen LogP contribution in [0, 0.1) is 13.8 Å². The molecule has 4 rings (SSSR count). The van der Waals surface area contributed by atoms with Gasteiger partial charge in [0.15, 0.2) is 0 Å². The minimum Gasteiger partial charge on any atom is -0.330 e. The number of nitrogens with two attached hydrogens (primary N) is 1. The molecule has 35 heavy (non-hydrogen) atoms. The van der Waals surface area contributed by atoms with Gasteiger partial charge in [-0.3, -0.25) is 9.36 Å². The first-order valence-electron chi connectivity index (χ1n) is 12.1. The lowest BCUT2D eigenvalue weighted by Gasteiger charge is -2.33. The van der Waals surface area contributed by atoms with Gasteiger partial charge in [0.2, 0.25) is 0 Å². The molecule has 2 aromatic heterocycles. The second-order valence-corrected chi connectivity index (χ2v) is 8.98. The zero-order valence-corrected chi connectivity index (χ0v) is 20.6. The molecule has 2 N–H and O–H groups in total. The molecule has 0 fully saturated rings. The molecule has 0 saturated heterocycles. The number of benzene rings is 2. The molecule has 2 aromatic carbocycles. The Morgan fingerprint density at radius 1 is 1.06 bits per heavy atom. The second kappa shape index (κ2) is 10.7. The fourth-order valence-corrected chi connectivity index (χ4v) is 4.54. The van der Waals surface area contributed by atoms with E-state index in [0.29, 0.717) is 38.0 Å². The Labute approximate surface area is 205 Å². The van der Waals surface area contributed by atoms with E-state index in [2.05, 4.69) is 5.10 Å². The van der Waals surface area contributed by atoms with Gasteiger partial charge >= 0.3 is 5.69 Å². The van der Waals surface area contributed by atoms with Crippen molar-refractivity contribution in [1.29, 1.82) is 0 Å². The summed E-state index contributed by atoms with van der Waals surface area (Å²) in [5.41, 5.74) is 10.7. The number of hydrogen-bond acceptors (Lipinski definition) is 4. The number of carbonyl (C=O) groups excluding carboxylic acids is 1. The maximum Gasteiger partial charge on any atom is 0.349 e. The molecule has 0 unspecified atom stereocenters. The Morgan fingerprint density at radius 3 is 2.43 bits per heavy atom. The van der Waals surface area contributed by atoms with Gasteiger partial charge in [0.05, 0.1) is 23.8 Å². The van der Waals surface area contributed by atoms with Gasteiger partial charge in [-0.25, -0.2) is 4.79 Å². The van der Waals surface area contributed by atoms with E-state index in [4.69, 9.17) is 5.73 Å². The van der Waals surface area contributed by atoms with Gasteiger partial charge in [-0.1, -0.05) is 55.0 Å². The summed E-state index contributed by atoms with van der Waals surface area (Å²) >= 11 is 0. The highest BCUT2D eigenvalue weighted by molar-refractivity contribution is 5.94. The van der Waals surface area contributed by atoms with Gasteiger partial charge in [-0.15, -0.1) is 0 Å². The molecule has 2 heterocycles. The molecule has 7 heteroatoms. The molecule has 1 amide bonds. The Hall–Kier alpha value is -3.71. The molecule has 0 aliphatic rings. The molecule has 4 aromatic rings. The first kappa shape index (κ1) is 24.4. The molecule has 0 radical (unpaired) electrons. The summed E-state index contributed by atoms with van der Waals surface area (Å²) in [4.78, 5) is 29.2. The summed E-state index contributed by atoms with van der Waals surface area (Å²) in [5, 5.41) is 4.41. The maximum absolute atomic E-state index is 13.7. The van der Waals surface area contributed by atoms with Crippen LogP contribution in [0.2, 0.25) is 0 Å². The van der Waals surface area contributed by atoms with Crippen LogP contribution >= 0.6 is 0 Å². The molecule has 0 saturated carbocycles. The molecule has 0 bridgehead atoms. The first-order chi connectivity index (χ1) is 16.9. The van der Waals surface area contributed by atoms with Crippen LogP contribution in [0.15, 0.2) is 71.5 Å². The number of carbonyl (C=O) groups is 1. The molecule has 7 nitrogen and oxygen atoms in total. The van der Waals surface area contributed by atoms with E-state index >= 15 is 0 Å². The molecular formula is C28H33N5O2. The van der Waals surface area contributed by atoms with Crippen molar-refractivity contribution in [3.8, 4) is 0 Å². The quantitative estimate of drug-likeness (QED) is 0.398. The zero-order valence-electron chi connectivity index (χ0n) is 20.6. The van der Waals surface area contributed by atoms with Crippen molar-refractivity contribution < 1.29 is 4.79 Å². The van der Waals surface area contributed by atoms with Gasteiger partial charge in [0.25, 0.3) is 5.91 Å². The predicted octanol–water partition coefficient (Wildman–Crippen LogP) is 4.10. The number of hydrogen-bond donors (Lipinski definition) is 1. The monoisotopic (exact) mass is 471 g/mol. The molecule has 0 spiro atoms. The van der Waals surface area contributed by atoms with E-state index in [1.54, 1.807) is 4.57 Å². The lowest BCUT2D eigenvalue weighted by molar-refractivity contribution is 0.0660. The van der Waals surface area contributed by atoms with Gasteiger partial charge in [0.1, 0.15) is 0 Å². The minimum atomic E-state index is -0.299. The van der Waals surface area contributed by atoms with E-state index in [0.717, 1.165) is 28.0 Å². The highest BCUT2D eigenvalue weighted by atomic mass is 16.2. The SMILES string of the molecule is CC[C@H](c1cc2cc(C)nn2c(=O)n1Cc1ccccc1)N(CCCN)C(=O)c1ccc(C)cc1. The van der Waals surface area contributed by atoms with Crippen molar-refractivity contribution in [1.82, 2.24) is 19.1 Å². The van der Waals surface area contributed by atoms with Gasteiger partial charge in [0, 0.05) is 17.8 Å². The van der Waals surface area contributed by atoms with Crippen LogP contribution in [0.5, 0.6) is 0 Å². The average molecular weight is 472 g/mol. The molecular weight excluding hydrogens is 438 g/mol. The number of nitrogens with zero attached hydrogens (tertiary/aromatic N) is 4. The van der Waals surface area contributed by atoms with Crippen LogP contribution in [0.4, 0.5) is 0 Å². The largest absolute Gasteiger partial charge is 0.349 e. The third-order valence-electron chi connectivity index (χ3n) is 6.33. The third-order valence-corrected chi connectivity index (χ3v) is 6.33. The molecule has 0 aliphatic heterocycles. The Bertz CT molecular complexity index is 1360. The van der Waals surface area contributed by atoms with Crippen molar-refractivity contribution in [2.45, 2.75) is 46.2 Å². The lowest BCUT2D eigenvalue weighted by Crippen LogP contribution is -2.40. The van der Waals surface area contributed by atoms with Crippen LogP contribution in [-0.2, 0) is 6.54 Å². The smallest absolute Gasteiger partial charge is 0.330 e. The summed E-state index contributed by atoms with van der Waals surface area (Å²) in [6.45, 7) is 7.30. The number of aryl methyl sites for hydroxylation is 2. The van der Waals surface area contributed by atoms with E-state index < -0.39 is 0 Å². The first-order valence-corrected chi connectivity index (χ1v) is 12.1. The number of amides is 1. The van der Waals surface area contributed by atoms with Crippen LogP contribution in [-0.4, -0.2) is 38.1 Å². The lowest BCUT2D eigenvalue weighted by atomic mass is 10.0. The van der Waals surface area contributed by atoms with E-state index in [-0.39, 0.29) is 17.6 Å². The maximum atomic E-state index is 13.7. The number of fused-ring (bicyclic) bond motifs is 1. The van der Waals surface area contributed by atoms with E-state index in [1.807, 2.05) is 92.4 Å². The summed E-state index contributed by atoms with van der Waals surface area (Å²) in [6.07, 6.45) is 1.32. The number of aromatic nitrogens is 3. The van der Waals surface area contributed by atoms with Crippen LogP contribution < -0.4 is 11.4 Å². The predicted molar refractivity (Wildman–Crippen MR) is 139 cm³/mol. The van der Waals surface area contributed by atoms with Crippen molar-refractivity contribution in [2.75, 3.05) is 13.1 Å². The summed E-state index contributed by atoms with van der Waals surface area (Å²) in [5.74, 6) is -0.0615. The summed E-state index contributed by atoms with van der Waals surface area (Å²) in [6, 6.07) is 21.1. The highest BCUT2D eigenvalue weighted by Crippen LogP contribution is 2.27. The van der Waals surface area contributed by atoms with Crippen LogP contribution in [0.3, 0.4) is 0 Å². The van der Waals surface area contributed by atoms with Gasteiger partial charge in [-0.2, -0.15) is 9.61 Å². The highest BCUT2D eigenvalue weighted by Gasteiger charge is 2.28.